The van der Waals surface area contributed by atoms with Gasteiger partial charge in [0.2, 0.25) is 6.10 Å². The smallest absolute Gasteiger partial charge is 0.347 e. The van der Waals surface area contributed by atoms with Crippen molar-refractivity contribution in [3.8, 4) is 0 Å². The molecule has 22 fully saturated rings. The average Bonchev–Trinajstić information content (AvgIpc) is 0.856. The van der Waals surface area contributed by atoms with Gasteiger partial charge in [-0.3, -0.25) is 33.6 Å². The number of carbonyl (C=O) groups excluding carboxylic acids is 8. The molecule has 0 aromatic heterocycles. The van der Waals surface area contributed by atoms with E-state index in [1.54, 1.807) is 13.8 Å². The topological polar surface area (TPSA) is 280 Å². The summed E-state index contributed by atoms with van der Waals surface area (Å²) < 4.78 is 52.1. The lowest BCUT2D eigenvalue weighted by atomic mass is 9.47. The fraction of sp³-hybridized carbons (Fsp3) is 0.930. The van der Waals surface area contributed by atoms with Crippen LogP contribution in [0.15, 0.2) is 0 Å². The molecule has 0 aromatic rings. The van der Waals surface area contributed by atoms with Crippen LogP contribution in [0.25, 0.3) is 0 Å². The van der Waals surface area contributed by atoms with E-state index in [-0.39, 0.29) is 183 Å². The van der Waals surface area contributed by atoms with Crippen molar-refractivity contribution in [2.75, 3.05) is 13.4 Å². The molecule has 21 aliphatic carbocycles. The summed E-state index contributed by atoms with van der Waals surface area (Å²) in [5, 5.41) is 32.0. The highest BCUT2D eigenvalue weighted by atomic mass is 16.7. The van der Waals surface area contributed by atoms with Crippen LogP contribution in [0.5, 0.6) is 0 Å². The number of aliphatic hydroxyl groups is 3. The molecule has 0 spiro atoms. The van der Waals surface area contributed by atoms with Gasteiger partial charge in [-0.2, -0.15) is 0 Å². The summed E-state index contributed by atoms with van der Waals surface area (Å²) in [6.07, 6.45) is 38.9. The second-order valence-corrected chi connectivity index (χ2v) is 48.5. The lowest BCUT2D eigenvalue weighted by Crippen LogP contribution is -2.67. The first-order valence-corrected chi connectivity index (χ1v) is 49.8. The molecule has 135 heavy (non-hydrogen) atoms. The predicted octanol–water partition coefficient (Wildman–Crippen LogP) is 28.5. The molecule has 20 nitrogen and oxygen atoms in total. The van der Waals surface area contributed by atoms with Gasteiger partial charge in [0.05, 0.1) is 67.4 Å². The Kier molecular flexibility index (Phi) is 47.7. The molecule has 21 saturated carbocycles. The Morgan fingerprint density at radius 2 is 0.726 bits per heavy atom. The molecule has 7 atom stereocenters. The second kappa shape index (κ2) is 49.3. The van der Waals surface area contributed by atoms with Gasteiger partial charge >= 0.3 is 47.8 Å². The Morgan fingerprint density at radius 1 is 0.370 bits per heavy atom. The molecule has 0 radical (unpaired) electrons. The van der Waals surface area contributed by atoms with Gasteiger partial charge in [0.15, 0.2) is 6.79 Å². The van der Waals surface area contributed by atoms with Crippen molar-refractivity contribution in [2.45, 2.75) is 549 Å². The molecular formula is C115H216O20. The van der Waals surface area contributed by atoms with Crippen LogP contribution in [-0.2, 0) is 81.0 Å². The maximum Gasteiger partial charge on any atom is 0.347 e. The highest BCUT2D eigenvalue weighted by molar-refractivity contribution is 5.83. The van der Waals surface area contributed by atoms with Crippen molar-refractivity contribution in [3.63, 3.8) is 0 Å². The highest BCUT2D eigenvalue weighted by Crippen LogP contribution is 2.66. The Balaban J connectivity index is 0.00000160. The summed E-state index contributed by atoms with van der Waals surface area (Å²) in [5.41, 5.74) is -6.52. The largest absolute Gasteiger partial charge is 0.463 e. The number of carbonyl (C=O) groups is 8. The van der Waals surface area contributed by atoms with Gasteiger partial charge in [0.25, 0.3) is 0 Å². The summed E-state index contributed by atoms with van der Waals surface area (Å²) in [6, 6.07) is 0. The van der Waals surface area contributed by atoms with Gasteiger partial charge in [-0.1, -0.05) is 158 Å². The molecule has 1 heterocycles. The fourth-order valence-electron chi connectivity index (χ4n) is 27.7. The first-order chi connectivity index (χ1) is 57.3. The lowest BCUT2D eigenvalue weighted by Gasteiger charge is -2.62. The lowest BCUT2D eigenvalue weighted by molar-refractivity contribution is -0.264. The normalized spacial score (nSPS) is 35.8. The Labute approximate surface area is 828 Å². The van der Waals surface area contributed by atoms with Gasteiger partial charge in [0, 0.05) is 32.1 Å². The molecule has 1 saturated heterocycles. The van der Waals surface area contributed by atoms with E-state index in [0.29, 0.717) is 110 Å². The van der Waals surface area contributed by atoms with Gasteiger partial charge < -0.3 is 58.0 Å². The molecule has 796 valence electrons. The number of hydrogen-bond donors (Lipinski definition) is 3. The molecule has 22 rings (SSSR count). The van der Waals surface area contributed by atoms with Crippen LogP contribution in [0.1, 0.15) is 491 Å². The second-order valence-electron chi connectivity index (χ2n) is 48.5. The van der Waals surface area contributed by atoms with Crippen molar-refractivity contribution in [1.29, 1.82) is 0 Å². The van der Waals surface area contributed by atoms with Crippen LogP contribution in [0, 0.1) is 127 Å². The third-order valence-electron chi connectivity index (χ3n) is 36.1. The van der Waals surface area contributed by atoms with E-state index in [4.69, 9.17) is 42.6 Å². The third kappa shape index (κ3) is 28.4. The van der Waals surface area contributed by atoms with Crippen LogP contribution in [-0.4, -0.2) is 134 Å². The molecule has 0 amide bonds. The van der Waals surface area contributed by atoms with Crippen molar-refractivity contribution >= 4 is 47.8 Å². The van der Waals surface area contributed by atoms with Crippen LogP contribution in [0.4, 0.5) is 0 Å². The SMILES string of the molecule is C.C.C.C.C.C.C.C.C.C.C.C.CCC(C)(C)C(=O)OC1(C(C)C)C2CC3CC(C2)CC1C3.CCC(C)(C)C(=O)OC12CC3CC(CC(O)(C3)C1)C2.CCC(C)(C)C(=O)OC12CC3CC(O)(CC(O)(C3)C1)C2.CCC(C)(C)C(=O)OC1C2CC3CC1CC(C(=O)OCOC1C4CC5CC(C4)CC1C5)(C3)C2.CCC(C)(C)C(=O)OC1CCOC1=O.CCC1(OC(=O)C(C)(C)CC)CCCCC1. The van der Waals surface area contributed by atoms with E-state index in [1.165, 1.54) is 89.9 Å². The van der Waals surface area contributed by atoms with Gasteiger partial charge in [-0.05, 0) is 390 Å². The Bertz CT molecular complexity index is 3630. The maximum atomic E-state index is 13.4. The average molecular weight is 1920 g/mol. The molecule has 3 N–H and O–H groups in total. The quantitative estimate of drug-likeness (QED) is 0.0460. The van der Waals surface area contributed by atoms with Crippen LogP contribution < -0.4 is 0 Å². The van der Waals surface area contributed by atoms with Crippen molar-refractivity contribution in [3.05, 3.63) is 0 Å². The van der Waals surface area contributed by atoms with E-state index in [0.717, 1.165) is 152 Å². The molecule has 7 unspecified atom stereocenters. The van der Waals surface area contributed by atoms with Crippen LogP contribution in [0.3, 0.4) is 0 Å². The number of cyclic esters (lactones) is 1. The number of ether oxygens (including phenoxy) is 9. The minimum atomic E-state index is -0.842. The van der Waals surface area contributed by atoms with E-state index in [1.807, 2.05) is 104 Å². The van der Waals surface area contributed by atoms with Crippen molar-refractivity contribution in [1.82, 2.24) is 0 Å². The zero-order valence-corrected chi connectivity index (χ0v) is 80.4. The zero-order valence-electron chi connectivity index (χ0n) is 80.4. The van der Waals surface area contributed by atoms with E-state index in [2.05, 4.69) is 27.7 Å². The summed E-state index contributed by atoms with van der Waals surface area (Å²) in [7, 11) is 0. The summed E-state index contributed by atoms with van der Waals surface area (Å²) >= 11 is 0. The Hall–Kier alpha value is -4.40. The van der Waals surface area contributed by atoms with Crippen LogP contribution >= 0.6 is 0 Å². The monoisotopic (exact) mass is 1920 g/mol. The Morgan fingerprint density at radius 3 is 1.11 bits per heavy atom. The standard InChI is InChI=1S/C28H42O5.C19H32O2.C16H26O4.C16H26O3.C14H26O2.C10H16O4.12CH4/c1-4-27(2,3)25(29)33-24-21-10-18-11-22(24)14-28(12-18,13-21)26(30)32-15-31-23-19-6-16-5-17(8-19)9-20(23)7-16;1-6-18(4,5)17(20)21-19(12(2)3)15-8-13-7-14(10-15)11-16(19)9-13;1-4-13(2,3)12(17)20-16-7-11-5-14(18,9-16)8-15(19,6-11)10-16;1-4-14(2,3)13(17)19-16-8-11-5-12(9-16)7-15(18,6-11)10-16;1-5-13(3,4)12(15)16-14(6-2)10-8-7-9-11-14;1-4-10(2,3)9(12)14-7-5-6-13-8(7)11;;;;;;;;;;;;/h16-24H,4-15H2,1-3H3;12-16H,6-11H2,1-5H3;11,18-19H,4-10H2,1-3H3;11-12,18H,4-10H2,1-3H3;5-11H2,1-4H3;7H,4-6H2,1-3H3;12*1H4. The molecule has 22 aliphatic rings. The highest BCUT2D eigenvalue weighted by Gasteiger charge is 2.67. The molecule has 0 aromatic carbocycles. The van der Waals surface area contributed by atoms with E-state index < -0.39 is 56.1 Å². The fourth-order valence-corrected chi connectivity index (χ4v) is 27.7. The minimum absolute atomic E-state index is 0. The predicted molar refractivity (Wildman–Crippen MR) is 551 cm³/mol. The van der Waals surface area contributed by atoms with Gasteiger partial charge in [0.1, 0.15) is 28.5 Å². The third-order valence-corrected chi connectivity index (χ3v) is 36.1. The summed E-state index contributed by atoms with van der Waals surface area (Å²) in [6.45, 7) is 42.4. The number of rotatable bonds is 24. The van der Waals surface area contributed by atoms with Gasteiger partial charge in [-0.15, -0.1) is 0 Å². The van der Waals surface area contributed by atoms with E-state index in [9.17, 15) is 53.7 Å². The van der Waals surface area contributed by atoms with Crippen LogP contribution in [0.2, 0.25) is 0 Å². The van der Waals surface area contributed by atoms with E-state index >= 15 is 0 Å². The zero-order chi connectivity index (χ0) is 90.1. The summed E-state index contributed by atoms with van der Waals surface area (Å²) in [4.78, 5) is 98.4. The number of esters is 8. The molecule has 20 heteroatoms. The van der Waals surface area contributed by atoms with Gasteiger partial charge in [-0.25, -0.2) is 4.79 Å². The number of hydrogen-bond acceptors (Lipinski definition) is 20. The minimum Gasteiger partial charge on any atom is -0.463 e. The van der Waals surface area contributed by atoms with Crippen molar-refractivity contribution in [2.24, 2.45) is 127 Å². The first-order valence-electron chi connectivity index (χ1n) is 49.8. The molecule has 20 bridgehead atoms. The first kappa shape index (κ1) is 131. The molecule has 1 aliphatic heterocycles. The summed E-state index contributed by atoms with van der Waals surface area (Å²) in [5.74, 6) is 8.11. The van der Waals surface area contributed by atoms with Crippen molar-refractivity contribution < 1.29 is 96.3 Å². The molecular weight excluding hydrogens is 1700 g/mol. The maximum absolute atomic E-state index is 13.4.